The lowest BCUT2D eigenvalue weighted by Crippen LogP contribution is -2.52. The van der Waals surface area contributed by atoms with E-state index in [4.69, 9.17) is 10.5 Å². The van der Waals surface area contributed by atoms with Crippen LogP contribution in [0.3, 0.4) is 0 Å². The predicted octanol–water partition coefficient (Wildman–Crippen LogP) is 5.79. The fourth-order valence-electron chi connectivity index (χ4n) is 4.91. The normalized spacial score (nSPS) is 12.6. The molecule has 3 aromatic rings. The minimum absolute atomic E-state index is 0.0680. The average molecular weight is 605 g/mol. The van der Waals surface area contributed by atoms with Crippen molar-refractivity contribution < 1.29 is 29.0 Å². The summed E-state index contributed by atoms with van der Waals surface area (Å²) in [4.78, 5) is 54.3. The number of nitrogens with one attached hydrogen (secondary N) is 2. The van der Waals surface area contributed by atoms with Crippen LogP contribution in [0.25, 0.3) is 10.8 Å². The zero-order valence-corrected chi connectivity index (χ0v) is 26.0. The molecule has 0 heterocycles. The fourth-order valence-corrected chi connectivity index (χ4v) is 4.91. The lowest BCUT2D eigenvalue weighted by Gasteiger charge is -2.34. The molecule has 0 spiro atoms. The van der Waals surface area contributed by atoms with Crippen molar-refractivity contribution in [2.24, 2.45) is 5.73 Å². The van der Waals surface area contributed by atoms with E-state index in [1.807, 2.05) is 36.4 Å². The van der Waals surface area contributed by atoms with E-state index in [-0.39, 0.29) is 25.1 Å². The number of fused-ring (bicyclic) bond motifs is 1. The number of aromatic hydroxyl groups is 1. The SMILES string of the molecule is CCCCCCN(C(=O)C(CCC(N)=O)NC(=O)OC(C)(C)C)C(C(=O)Nc1ccc2ccccc2c1)c1cccc(O)c1. The number of nitrogens with two attached hydrogens (primary N) is 1. The minimum atomic E-state index is -1.20. The molecule has 2 atom stereocenters. The van der Waals surface area contributed by atoms with Crippen molar-refractivity contribution in [2.75, 3.05) is 11.9 Å². The molecule has 2 unspecified atom stereocenters. The van der Waals surface area contributed by atoms with Crippen LogP contribution in [-0.2, 0) is 19.1 Å². The van der Waals surface area contributed by atoms with Gasteiger partial charge in [-0.05, 0) is 74.2 Å². The number of hydrogen-bond donors (Lipinski definition) is 4. The molecule has 10 heteroatoms. The summed E-state index contributed by atoms with van der Waals surface area (Å²) in [6.07, 6.45) is 2.21. The summed E-state index contributed by atoms with van der Waals surface area (Å²) in [5.74, 6) is -1.78. The van der Waals surface area contributed by atoms with Crippen LogP contribution in [0.5, 0.6) is 5.75 Å². The zero-order valence-electron chi connectivity index (χ0n) is 26.0. The number of hydrogen-bond acceptors (Lipinski definition) is 6. The van der Waals surface area contributed by atoms with Crippen LogP contribution < -0.4 is 16.4 Å². The third kappa shape index (κ3) is 10.3. The Morgan fingerprint density at radius 2 is 1.66 bits per heavy atom. The highest BCUT2D eigenvalue weighted by Gasteiger charge is 2.36. The highest BCUT2D eigenvalue weighted by Crippen LogP contribution is 2.29. The van der Waals surface area contributed by atoms with Crippen LogP contribution in [0, 0.1) is 0 Å². The van der Waals surface area contributed by atoms with Gasteiger partial charge >= 0.3 is 6.09 Å². The number of rotatable bonds is 14. The second kappa shape index (κ2) is 15.7. The third-order valence-corrected chi connectivity index (χ3v) is 6.97. The smallest absolute Gasteiger partial charge is 0.408 e. The van der Waals surface area contributed by atoms with Crippen LogP contribution in [0.15, 0.2) is 66.7 Å². The number of alkyl carbamates (subject to hydrolysis) is 1. The molecule has 0 aliphatic carbocycles. The summed E-state index contributed by atoms with van der Waals surface area (Å²) in [5.41, 5.74) is 5.50. The van der Waals surface area contributed by atoms with Gasteiger partial charge < -0.3 is 31.1 Å². The Morgan fingerprint density at radius 3 is 2.32 bits per heavy atom. The van der Waals surface area contributed by atoms with E-state index in [9.17, 15) is 24.3 Å². The van der Waals surface area contributed by atoms with Crippen LogP contribution in [0.4, 0.5) is 10.5 Å². The predicted molar refractivity (Wildman–Crippen MR) is 171 cm³/mol. The second-order valence-electron chi connectivity index (χ2n) is 11.8. The number of benzene rings is 3. The highest BCUT2D eigenvalue weighted by molar-refractivity contribution is 6.00. The summed E-state index contributed by atoms with van der Waals surface area (Å²) < 4.78 is 5.39. The van der Waals surface area contributed by atoms with Gasteiger partial charge in [0.25, 0.3) is 5.91 Å². The molecule has 0 saturated heterocycles. The number of anilines is 1. The van der Waals surface area contributed by atoms with Crippen LogP contribution in [-0.4, -0.2) is 52.0 Å². The van der Waals surface area contributed by atoms with Gasteiger partial charge in [0.1, 0.15) is 23.4 Å². The van der Waals surface area contributed by atoms with E-state index in [0.717, 1.165) is 30.0 Å². The van der Waals surface area contributed by atoms with Gasteiger partial charge in [-0.2, -0.15) is 0 Å². The molecule has 5 N–H and O–H groups in total. The van der Waals surface area contributed by atoms with Crippen LogP contribution in [0.1, 0.15) is 77.8 Å². The van der Waals surface area contributed by atoms with E-state index in [0.29, 0.717) is 17.7 Å². The molecule has 3 rings (SSSR count). The number of nitrogens with zero attached hydrogens (tertiary/aromatic N) is 1. The molecular formula is C34H44N4O6. The Bertz CT molecular complexity index is 1450. The maximum absolute atomic E-state index is 14.3. The number of amides is 4. The van der Waals surface area contributed by atoms with Gasteiger partial charge in [0.15, 0.2) is 0 Å². The first-order valence-electron chi connectivity index (χ1n) is 15.0. The first kappa shape index (κ1) is 33.9. The Kier molecular flexibility index (Phi) is 12.1. The number of phenols is 1. The van der Waals surface area contributed by atoms with Crippen molar-refractivity contribution in [3.8, 4) is 5.75 Å². The molecular weight excluding hydrogens is 560 g/mol. The molecule has 0 aliphatic heterocycles. The van der Waals surface area contributed by atoms with Gasteiger partial charge in [-0.3, -0.25) is 14.4 Å². The van der Waals surface area contributed by atoms with Crippen molar-refractivity contribution in [1.29, 1.82) is 0 Å². The maximum atomic E-state index is 14.3. The van der Waals surface area contributed by atoms with Gasteiger partial charge in [-0.15, -0.1) is 0 Å². The third-order valence-electron chi connectivity index (χ3n) is 6.97. The van der Waals surface area contributed by atoms with Gasteiger partial charge in [-0.25, -0.2) is 4.79 Å². The summed E-state index contributed by atoms with van der Waals surface area (Å²) in [7, 11) is 0. The molecule has 0 bridgehead atoms. The number of unbranched alkanes of at least 4 members (excludes halogenated alkanes) is 3. The first-order valence-corrected chi connectivity index (χ1v) is 15.0. The molecule has 44 heavy (non-hydrogen) atoms. The molecule has 0 aliphatic rings. The van der Waals surface area contributed by atoms with E-state index in [1.54, 1.807) is 39.0 Å². The average Bonchev–Trinajstić information content (AvgIpc) is 2.95. The Hall–Kier alpha value is -4.60. The monoisotopic (exact) mass is 604 g/mol. The summed E-state index contributed by atoms with van der Waals surface area (Å²) in [6.45, 7) is 7.35. The second-order valence-corrected chi connectivity index (χ2v) is 11.8. The number of primary amides is 1. The van der Waals surface area contributed by atoms with Crippen molar-refractivity contribution in [3.63, 3.8) is 0 Å². The van der Waals surface area contributed by atoms with Crippen LogP contribution >= 0.6 is 0 Å². The first-order chi connectivity index (χ1) is 20.9. The topological polar surface area (TPSA) is 151 Å². The summed E-state index contributed by atoms with van der Waals surface area (Å²) in [6, 6.07) is 17.1. The quantitative estimate of drug-likeness (QED) is 0.171. The fraction of sp³-hybridized carbons (Fsp3) is 0.412. The van der Waals surface area contributed by atoms with Crippen molar-refractivity contribution >= 4 is 40.3 Å². The van der Waals surface area contributed by atoms with Crippen molar-refractivity contribution in [2.45, 2.75) is 83.9 Å². The van der Waals surface area contributed by atoms with Gasteiger partial charge in [0, 0.05) is 18.7 Å². The van der Waals surface area contributed by atoms with E-state index in [1.165, 1.54) is 17.0 Å². The van der Waals surface area contributed by atoms with Crippen LogP contribution in [0.2, 0.25) is 0 Å². The van der Waals surface area contributed by atoms with Gasteiger partial charge in [0.05, 0.1) is 0 Å². The Labute approximate surface area is 258 Å². The molecule has 0 aromatic heterocycles. The highest BCUT2D eigenvalue weighted by atomic mass is 16.6. The Balaban J connectivity index is 2.04. The minimum Gasteiger partial charge on any atom is -0.508 e. The molecule has 10 nitrogen and oxygen atoms in total. The number of ether oxygens (including phenoxy) is 1. The van der Waals surface area contributed by atoms with Crippen molar-refractivity contribution in [1.82, 2.24) is 10.2 Å². The van der Waals surface area contributed by atoms with E-state index >= 15 is 0 Å². The molecule has 0 radical (unpaired) electrons. The Morgan fingerprint density at radius 1 is 0.932 bits per heavy atom. The van der Waals surface area contributed by atoms with E-state index in [2.05, 4.69) is 17.6 Å². The molecule has 0 fully saturated rings. The molecule has 0 saturated carbocycles. The van der Waals surface area contributed by atoms with Crippen molar-refractivity contribution in [3.05, 3.63) is 72.3 Å². The number of phenolic OH excluding ortho intramolecular Hbond substituents is 1. The number of carbonyl (C=O) groups excluding carboxylic acids is 4. The molecule has 4 amide bonds. The molecule has 3 aromatic carbocycles. The largest absolute Gasteiger partial charge is 0.508 e. The maximum Gasteiger partial charge on any atom is 0.408 e. The zero-order chi connectivity index (χ0) is 32.3. The van der Waals surface area contributed by atoms with Gasteiger partial charge in [0.2, 0.25) is 11.8 Å². The summed E-state index contributed by atoms with van der Waals surface area (Å²) in [5, 5.41) is 17.8. The standard InChI is InChI=1S/C34H44N4O6/c1-5-6-7-10-20-38(32(42)28(18-19-29(35)40)37-33(43)44-34(2,3)4)30(25-14-11-15-27(39)22-25)31(41)36-26-17-16-23-12-8-9-13-24(23)21-26/h8-9,11-17,21-22,28,30,39H,5-7,10,18-20H2,1-4H3,(H2,35,40)(H,36,41)(H,37,43). The van der Waals surface area contributed by atoms with E-state index < -0.39 is 41.5 Å². The lowest BCUT2D eigenvalue weighted by molar-refractivity contribution is -0.141. The molecule has 236 valence electrons. The number of carbonyl (C=O) groups is 4. The summed E-state index contributed by atoms with van der Waals surface area (Å²) >= 11 is 0. The van der Waals surface area contributed by atoms with Gasteiger partial charge in [-0.1, -0.05) is 68.7 Å². The lowest BCUT2D eigenvalue weighted by atomic mass is 10.00.